The molecule has 0 saturated carbocycles. The molecular formula is C19H25N5O. The molecule has 1 aromatic carbocycles. The lowest BCUT2D eigenvalue weighted by atomic mass is 10.0. The van der Waals surface area contributed by atoms with Crippen LogP contribution in [0.3, 0.4) is 0 Å². The molecular weight excluding hydrogens is 314 g/mol. The van der Waals surface area contributed by atoms with Crippen LogP contribution in [0, 0.1) is 5.92 Å². The zero-order valence-electron chi connectivity index (χ0n) is 15.1. The van der Waals surface area contributed by atoms with E-state index < -0.39 is 0 Å². The molecule has 2 aliphatic rings. The number of hydrogen-bond donors (Lipinski definition) is 1. The third-order valence-corrected chi connectivity index (χ3v) is 5.29. The summed E-state index contributed by atoms with van der Waals surface area (Å²) in [5, 5.41) is 11.9. The minimum atomic E-state index is -0.133. The number of amides is 2. The van der Waals surface area contributed by atoms with Crippen LogP contribution in [0.4, 0.5) is 10.5 Å². The molecule has 0 unspecified atom stereocenters. The van der Waals surface area contributed by atoms with Crippen LogP contribution < -0.4 is 10.2 Å². The predicted octanol–water partition coefficient (Wildman–Crippen LogP) is 3.08. The molecule has 2 amide bonds. The fourth-order valence-corrected chi connectivity index (χ4v) is 4.01. The van der Waals surface area contributed by atoms with Crippen molar-refractivity contribution in [3.8, 4) is 0 Å². The molecule has 2 aliphatic heterocycles. The van der Waals surface area contributed by atoms with Gasteiger partial charge in [-0.2, -0.15) is 0 Å². The van der Waals surface area contributed by atoms with Gasteiger partial charge in [0.2, 0.25) is 0 Å². The van der Waals surface area contributed by atoms with Crippen molar-refractivity contribution in [3.05, 3.63) is 41.5 Å². The predicted molar refractivity (Wildman–Crippen MR) is 96.5 cm³/mol. The van der Waals surface area contributed by atoms with Gasteiger partial charge in [0.1, 0.15) is 5.82 Å². The number of aryl methyl sites for hydroxylation is 1. The van der Waals surface area contributed by atoms with Gasteiger partial charge in [0.25, 0.3) is 0 Å². The summed E-state index contributed by atoms with van der Waals surface area (Å²) in [6, 6.07) is 8.13. The van der Waals surface area contributed by atoms with Gasteiger partial charge in [-0.1, -0.05) is 32.0 Å². The van der Waals surface area contributed by atoms with Gasteiger partial charge in [-0.05, 0) is 37.3 Å². The van der Waals surface area contributed by atoms with Gasteiger partial charge < -0.3 is 9.88 Å². The maximum Gasteiger partial charge on any atom is 0.322 e. The third-order valence-electron chi connectivity index (χ3n) is 5.29. The summed E-state index contributed by atoms with van der Waals surface area (Å²) in [4.78, 5) is 15.0. The number of carbonyl (C=O) groups is 1. The average molecular weight is 339 g/mol. The van der Waals surface area contributed by atoms with Crippen molar-refractivity contribution < 1.29 is 4.79 Å². The monoisotopic (exact) mass is 339 g/mol. The normalized spacial score (nSPS) is 19.8. The lowest BCUT2D eigenvalue weighted by Gasteiger charge is -2.28. The molecule has 0 aliphatic carbocycles. The number of hydrogen-bond acceptors (Lipinski definition) is 3. The quantitative estimate of drug-likeness (QED) is 0.935. The van der Waals surface area contributed by atoms with Crippen LogP contribution in [0.1, 0.15) is 50.4 Å². The van der Waals surface area contributed by atoms with E-state index in [0.717, 1.165) is 43.1 Å². The molecule has 0 saturated heterocycles. The average Bonchev–Trinajstić information content (AvgIpc) is 3.25. The first-order valence-electron chi connectivity index (χ1n) is 9.16. The summed E-state index contributed by atoms with van der Waals surface area (Å²) < 4.78 is 2.17. The van der Waals surface area contributed by atoms with Gasteiger partial charge in [0.15, 0.2) is 5.82 Å². The number of rotatable bonds is 3. The molecule has 1 N–H and O–H groups in total. The zero-order chi connectivity index (χ0) is 17.6. The summed E-state index contributed by atoms with van der Waals surface area (Å²) in [6.07, 6.45) is 2.98. The zero-order valence-corrected chi connectivity index (χ0v) is 15.1. The van der Waals surface area contributed by atoms with Gasteiger partial charge >= 0.3 is 6.03 Å². The smallest absolute Gasteiger partial charge is 0.322 e. The summed E-state index contributed by atoms with van der Waals surface area (Å²) in [7, 11) is 0. The van der Waals surface area contributed by atoms with Crippen molar-refractivity contribution in [1.82, 2.24) is 20.1 Å². The second-order valence-electron chi connectivity index (χ2n) is 7.45. The van der Waals surface area contributed by atoms with Crippen LogP contribution in [-0.4, -0.2) is 26.8 Å². The van der Waals surface area contributed by atoms with Crippen molar-refractivity contribution in [2.45, 2.75) is 58.7 Å². The first kappa shape index (κ1) is 16.1. The SMILES string of the molecule is CC(C)[C@@H](NC(=O)N1c2ccccc2C[C@H]1C)c1nnc2n1CCC2. The molecule has 0 fully saturated rings. The fourth-order valence-electron chi connectivity index (χ4n) is 4.01. The summed E-state index contributed by atoms with van der Waals surface area (Å²) in [6.45, 7) is 7.27. The standard InChI is InChI=1S/C19H25N5O/c1-12(2)17(18-22-21-16-9-6-10-23(16)18)20-19(25)24-13(3)11-14-7-4-5-8-15(14)24/h4-5,7-8,12-13,17H,6,9-11H2,1-3H3,(H,20,25)/t13-,17-/m1/s1. The molecule has 2 atom stereocenters. The number of benzene rings is 1. The third kappa shape index (κ3) is 2.69. The Morgan fingerprint density at radius 2 is 2.08 bits per heavy atom. The van der Waals surface area contributed by atoms with E-state index in [2.05, 4.69) is 46.9 Å². The van der Waals surface area contributed by atoms with E-state index >= 15 is 0 Å². The molecule has 132 valence electrons. The van der Waals surface area contributed by atoms with E-state index in [4.69, 9.17) is 0 Å². The molecule has 4 rings (SSSR count). The maximum absolute atomic E-state index is 13.1. The van der Waals surface area contributed by atoms with Crippen LogP contribution in [0.2, 0.25) is 0 Å². The Kier molecular flexibility index (Phi) is 3.98. The lowest BCUT2D eigenvalue weighted by molar-refractivity contribution is 0.236. The van der Waals surface area contributed by atoms with Crippen LogP contribution in [0.5, 0.6) is 0 Å². The Hall–Kier alpha value is -2.37. The molecule has 2 aromatic rings. The largest absolute Gasteiger partial charge is 0.327 e. The topological polar surface area (TPSA) is 63.1 Å². The summed E-state index contributed by atoms with van der Waals surface area (Å²) in [5.41, 5.74) is 2.25. The van der Waals surface area contributed by atoms with Gasteiger partial charge in [0, 0.05) is 24.7 Å². The first-order valence-corrected chi connectivity index (χ1v) is 9.16. The van der Waals surface area contributed by atoms with E-state index in [9.17, 15) is 4.79 Å². The van der Waals surface area contributed by atoms with Crippen molar-refractivity contribution in [2.75, 3.05) is 4.90 Å². The molecule has 0 radical (unpaired) electrons. The lowest BCUT2D eigenvalue weighted by Crippen LogP contribution is -2.46. The van der Waals surface area contributed by atoms with Crippen LogP contribution in [0.15, 0.2) is 24.3 Å². The number of nitrogens with one attached hydrogen (secondary N) is 1. The molecule has 0 spiro atoms. The molecule has 25 heavy (non-hydrogen) atoms. The Morgan fingerprint density at radius 1 is 1.28 bits per heavy atom. The van der Waals surface area contributed by atoms with E-state index in [1.54, 1.807) is 0 Å². The highest BCUT2D eigenvalue weighted by molar-refractivity contribution is 5.95. The van der Waals surface area contributed by atoms with Gasteiger partial charge in [-0.15, -0.1) is 10.2 Å². The molecule has 1 aromatic heterocycles. The van der Waals surface area contributed by atoms with E-state index in [0.29, 0.717) is 0 Å². The summed E-state index contributed by atoms with van der Waals surface area (Å²) >= 11 is 0. The summed E-state index contributed by atoms with van der Waals surface area (Å²) in [5.74, 6) is 2.16. The van der Waals surface area contributed by atoms with E-state index in [1.807, 2.05) is 23.1 Å². The number of para-hydroxylation sites is 1. The number of fused-ring (bicyclic) bond motifs is 2. The molecule has 0 bridgehead atoms. The highest BCUT2D eigenvalue weighted by atomic mass is 16.2. The van der Waals surface area contributed by atoms with Gasteiger partial charge in [-0.3, -0.25) is 4.90 Å². The van der Waals surface area contributed by atoms with E-state index in [-0.39, 0.29) is 24.0 Å². The number of anilines is 1. The number of carbonyl (C=O) groups excluding carboxylic acids is 1. The number of urea groups is 1. The maximum atomic E-state index is 13.1. The highest BCUT2D eigenvalue weighted by Crippen LogP contribution is 2.33. The Labute approximate surface area is 148 Å². The Morgan fingerprint density at radius 3 is 2.88 bits per heavy atom. The minimum Gasteiger partial charge on any atom is -0.327 e. The molecule has 6 nitrogen and oxygen atoms in total. The molecule has 3 heterocycles. The van der Waals surface area contributed by atoms with E-state index in [1.165, 1.54) is 5.56 Å². The minimum absolute atomic E-state index is 0.0495. The van der Waals surface area contributed by atoms with Crippen LogP contribution in [-0.2, 0) is 19.4 Å². The number of nitrogens with zero attached hydrogens (tertiary/aromatic N) is 4. The van der Waals surface area contributed by atoms with Crippen molar-refractivity contribution in [1.29, 1.82) is 0 Å². The van der Waals surface area contributed by atoms with Gasteiger partial charge in [0.05, 0.1) is 6.04 Å². The van der Waals surface area contributed by atoms with Crippen LogP contribution >= 0.6 is 0 Å². The Balaban J connectivity index is 1.60. The fraction of sp³-hybridized carbons (Fsp3) is 0.526. The van der Waals surface area contributed by atoms with Crippen molar-refractivity contribution in [3.63, 3.8) is 0 Å². The van der Waals surface area contributed by atoms with Crippen LogP contribution in [0.25, 0.3) is 0 Å². The second kappa shape index (κ2) is 6.17. The first-order chi connectivity index (χ1) is 12.1. The molecule has 6 heteroatoms. The number of aromatic nitrogens is 3. The highest BCUT2D eigenvalue weighted by Gasteiger charge is 2.34. The van der Waals surface area contributed by atoms with Crippen molar-refractivity contribution in [2.24, 2.45) is 5.92 Å². The van der Waals surface area contributed by atoms with Crippen molar-refractivity contribution >= 4 is 11.7 Å². The second-order valence-corrected chi connectivity index (χ2v) is 7.45. The van der Waals surface area contributed by atoms with Gasteiger partial charge in [-0.25, -0.2) is 4.79 Å². The Bertz CT molecular complexity index is 797.